The number of hydrogen-bond acceptors (Lipinski definition) is 6. The highest BCUT2D eigenvalue weighted by molar-refractivity contribution is 7.99. The first-order chi connectivity index (χ1) is 15.8. The van der Waals surface area contributed by atoms with Crippen LogP contribution in [0.25, 0.3) is 16.6 Å². The molecule has 9 heteroatoms. The van der Waals surface area contributed by atoms with Crippen LogP contribution >= 0.6 is 11.8 Å². The van der Waals surface area contributed by atoms with Crippen LogP contribution in [0, 0.1) is 0 Å². The molecule has 1 aliphatic rings. The molecule has 0 saturated carbocycles. The van der Waals surface area contributed by atoms with Gasteiger partial charge < -0.3 is 4.90 Å². The van der Waals surface area contributed by atoms with Crippen LogP contribution in [0.2, 0.25) is 0 Å². The number of nitrogens with zero attached hydrogens (tertiary/aromatic N) is 3. The molecule has 4 rings (SSSR count). The van der Waals surface area contributed by atoms with Gasteiger partial charge in [0.05, 0.1) is 33.8 Å². The van der Waals surface area contributed by atoms with E-state index in [1.165, 1.54) is 16.3 Å². The Hall–Kier alpha value is -2.65. The van der Waals surface area contributed by atoms with E-state index in [4.69, 9.17) is 0 Å². The summed E-state index contributed by atoms with van der Waals surface area (Å²) in [7, 11) is -3.11. The fourth-order valence-electron chi connectivity index (χ4n) is 4.22. The number of amides is 1. The van der Waals surface area contributed by atoms with Crippen molar-refractivity contribution in [3.63, 3.8) is 0 Å². The van der Waals surface area contributed by atoms with Crippen molar-refractivity contribution in [3.8, 4) is 5.69 Å². The molecule has 2 heterocycles. The smallest absolute Gasteiger partial charge is 0.266 e. The van der Waals surface area contributed by atoms with Crippen LogP contribution in [-0.2, 0) is 14.6 Å². The molecule has 1 amide bonds. The Morgan fingerprint density at radius 2 is 1.88 bits per heavy atom. The average molecular weight is 486 g/mol. The van der Waals surface area contributed by atoms with Crippen LogP contribution in [0.1, 0.15) is 26.7 Å². The maximum atomic E-state index is 13.3. The van der Waals surface area contributed by atoms with E-state index in [-0.39, 0.29) is 40.8 Å². The fraction of sp³-hybridized carbons (Fsp3) is 0.375. The molecule has 0 radical (unpaired) electrons. The molecule has 7 nitrogen and oxygen atoms in total. The number of rotatable bonds is 7. The fourth-order valence-corrected chi connectivity index (χ4v) is 6.81. The lowest BCUT2D eigenvalue weighted by molar-refractivity contribution is -0.132. The van der Waals surface area contributed by atoms with Gasteiger partial charge in [0.1, 0.15) is 0 Å². The highest BCUT2D eigenvalue weighted by Crippen LogP contribution is 2.25. The van der Waals surface area contributed by atoms with E-state index in [0.717, 1.165) is 6.42 Å². The number of carbonyl (C=O) groups is 1. The molecule has 0 aliphatic carbocycles. The summed E-state index contributed by atoms with van der Waals surface area (Å²) in [5.41, 5.74) is 1.06. The second-order valence-electron chi connectivity index (χ2n) is 8.29. The summed E-state index contributed by atoms with van der Waals surface area (Å²) in [5.74, 6) is 0.0541. The van der Waals surface area contributed by atoms with Crippen molar-refractivity contribution in [1.29, 1.82) is 0 Å². The zero-order chi connectivity index (χ0) is 23.6. The van der Waals surface area contributed by atoms with Gasteiger partial charge in [-0.1, -0.05) is 49.0 Å². The lowest BCUT2D eigenvalue weighted by atomic mass is 10.1. The Kier molecular flexibility index (Phi) is 6.90. The second-order valence-corrected chi connectivity index (χ2v) is 11.5. The maximum absolute atomic E-state index is 13.3. The summed E-state index contributed by atoms with van der Waals surface area (Å²) in [6, 6.07) is 16.0. The van der Waals surface area contributed by atoms with Gasteiger partial charge in [-0.15, -0.1) is 0 Å². The predicted octanol–water partition coefficient (Wildman–Crippen LogP) is 3.29. The third-order valence-electron chi connectivity index (χ3n) is 6.04. The minimum atomic E-state index is -3.11. The van der Waals surface area contributed by atoms with Crippen LogP contribution in [0.5, 0.6) is 0 Å². The number of carbonyl (C=O) groups excluding carboxylic acids is 1. The Labute approximate surface area is 197 Å². The molecule has 1 saturated heterocycles. The number of aromatic nitrogens is 2. The van der Waals surface area contributed by atoms with Gasteiger partial charge in [-0.2, -0.15) is 0 Å². The van der Waals surface area contributed by atoms with Crippen molar-refractivity contribution in [3.05, 3.63) is 65.0 Å². The molecule has 0 N–H and O–H groups in total. The predicted molar refractivity (Wildman–Crippen MR) is 132 cm³/mol. The van der Waals surface area contributed by atoms with E-state index >= 15 is 0 Å². The third kappa shape index (κ3) is 4.99. The number of hydrogen-bond donors (Lipinski definition) is 0. The zero-order valence-electron chi connectivity index (χ0n) is 18.7. The number of sulfone groups is 1. The summed E-state index contributed by atoms with van der Waals surface area (Å²) in [5, 5.41) is 0.941. The van der Waals surface area contributed by atoms with Crippen molar-refractivity contribution in [2.24, 2.45) is 0 Å². The van der Waals surface area contributed by atoms with Gasteiger partial charge in [-0.3, -0.25) is 14.2 Å². The topological polar surface area (TPSA) is 89.3 Å². The molecule has 1 fully saturated rings. The van der Waals surface area contributed by atoms with E-state index in [2.05, 4.69) is 4.98 Å². The highest BCUT2D eigenvalue weighted by atomic mass is 32.2. The van der Waals surface area contributed by atoms with Crippen molar-refractivity contribution in [2.75, 3.05) is 17.3 Å². The van der Waals surface area contributed by atoms with Crippen LogP contribution in [0.15, 0.2) is 64.5 Å². The van der Waals surface area contributed by atoms with E-state index in [0.29, 0.717) is 28.2 Å². The molecule has 1 aliphatic heterocycles. The summed E-state index contributed by atoms with van der Waals surface area (Å²) in [4.78, 5) is 33.0. The maximum Gasteiger partial charge on any atom is 0.266 e. The van der Waals surface area contributed by atoms with Crippen LogP contribution in [-0.4, -0.2) is 58.1 Å². The number of fused-ring (bicyclic) bond motifs is 1. The first kappa shape index (κ1) is 23.5. The lowest BCUT2D eigenvalue weighted by Gasteiger charge is -2.33. The van der Waals surface area contributed by atoms with Gasteiger partial charge in [0.15, 0.2) is 15.0 Å². The molecule has 1 aromatic heterocycles. The lowest BCUT2D eigenvalue weighted by Crippen LogP contribution is -2.47. The molecule has 33 heavy (non-hydrogen) atoms. The minimum absolute atomic E-state index is 0.0106. The first-order valence-electron chi connectivity index (χ1n) is 11.0. The summed E-state index contributed by atoms with van der Waals surface area (Å²) >= 11 is 1.21. The molecule has 0 spiro atoms. The van der Waals surface area contributed by atoms with E-state index in [1.54, 1.807) is 23.1 Å². The van der Waals surface area contributed by atoms with Crippen LogP contribution in [0.4, 0.5) is 0 Å². The van der Waals surface area contributed by atoms with E-state index in [1.807, 2.05) is 50.2 Å². The van der Waals surface area contributed by atoms with Crippen molar-refractivity contribution in [1.82, 2.24) is 14.5 Å². The standard InChI is InChI=1S/C24H27N3O4S2/c1-3-17(2)26(19-13-14-33(30,31)16-19)22(28)15-32-24-25-21-12-8-7-11-20(21)23(29)27(24)18-9-5-4-6-10-18/h4-12,17,19H,3,13-16H2,1-2H3/t17-,19+/m0/s1. The molecule has 0 bridgehead atoms. The zero-order valence-corrected chi connectivity index (χ0v) is 20.3. The number of thioether (sulfide) groups is 1. The van der Waals surface area contributed by atoms with Crippen LogP contribution < -0.4 is 5.56 Å². The van der Waals surface area contributed by atoms with Gasteiger partial charge in [0.2, 0.25) is 5.91 Å². The number of para-hydroxylation sites is 2. The average Bonchev–Trinajstić information content (AvgIpc) is 3.17. The molecule has 174 valence electrons. The van der Waals surface area contributed by atoms with Gasteiger partial charge in [-0.05, 0) is 44.0 Å². The first-order valence-corrected chi connectivity index (χ1v) is 13.8. The highest BCUT2D eigenvalue weighted by Gasteiger charge is 2.36. The minimum Gasteiger partial charge on any atom is -0.335 e. The SMILES string of the molecule is CC[C@H](C)N(C(=O)CSc1nc2ccccc2c(=O)n1-c1ccccc1)[C@@H]1CCS(=O)(=O)C1. The Morgan fingerprint density at radius 3 is 2.55 bits per heavy atom. The van der Waals surface area contributed by atoms with Crippen molar-refractivity contribution in [2.45, 2.75) is 43.9 Å². The van der Waals surface area contributed by atoms with Gasteiger partial charge in [0.25, 0.3) is 5.56 Å². The monoisotopic (exact) mass is 485 g/mol. The molecular formula is C24H27N3O4S2. The largest absolute Gasteiger partial charge is 0.335 e. The quantitative estimate of drug-likeness (QED) is 0.377. The second kappa shape index (κ2) is 9.69. The van der Waals surface area contributed by atoms with Gasteiger partial charge in [0, 0.05) is 12.1 Å². The normalized spacial score (nSPS) is 18.3. The Bertz CT molecular complexity index is 1320. The third-order valence-corrected chi connectivity index (χ3v) is 8.71. The molecular weight excluding hydrogens is 458 g/mol. The number of benzene rings is 2. The molecule has 0 unspecified atom stereocenters. The van der Waals surface area contributed by atoms with E-state index in [9.17, 15) is 18.0 Å². The van der Waals surface area contributed by atoms with Gasteiger partial charge in [-0.25, -0.2) is 13.4 Å². The van der Waals surface area contributed by atoms with Crippen molar-refractivity contribution < 1.29 is 13.2 Å². The Balaban J connectivity index is 1.67. The molecule has 3 aromatic rings. The summed E-state index contributed by atoms with van der Waals surface area (Å²) in [6.45, 7) is 3.93. The molecule has 2 aromatic carbocycles. The Morgan fingerprint density at radius 1 is 1.18 bits per heavy atom. The van der Waals surface area contributed by atoms with Crippen LogP contribution in [0.3, 0.4) is 0 Å². The van der Waals surface area contributed by atoms with E-state index < -0.39 is 9.84 Å². The van der Waals surface area contributed by atoms with Gasteiger partial charge >= 0.3 is 0 Å². The molecule has 2 atom stereocenters. The summed E-state index contributed by atoms with van der Waals surface area (Å²) < 4.78 is 25.6. The summed E-state index contributed by atoms with van der Waals surface area (Å²) in [6.07, 6.45) is 1.20. The van der Waals surface area contributed by atoms with Crippen molar-refractivity contribution >= 4 is 38.4 Å².